The number of carbonyl (C=O) groups is 3. The second-order valence-electron chi connectivity index (χ2n) is 7.86. The molecule has 0 saturated heterocycles. The lowest BCUT2D eigenvalue weighted by molar-refractivity contribution is 0.0620. The fourth-order valence-electron chi connectivity index (χ4n) is 3.51. The largest absolute Gasteiger partial charge is 0.411 e. The Kier molecular flexibility index (Phi) is 5.39. The molecule has 0 aliphatic carbocycles. The zero-order valence-electron chi connectivity index (χ0n) is 16.5. The molecule has 0 radical (unpaired) electrons. The average Bonchev–Trinajstić information content (AvgIpc) is 2.89. The highest BCUT2D eigenvalue weighted by atomic mass is 16.6. The lowest BCUT2D eigenvalue weighted by atomic mass is 9.82. The molecule has 2 heterocycles. The first-order chi connectivity index (χ1) is 13.6. The molecule has 1 atom stereocenters. The molecule has 8 nitrogen and oxygen atoms in total. The van der Waals surface area contributed by atoms with Gasteiger partial charge in [-0.25, -0.2) is 9.78 Å². The minimum Gasteiger partial charge on any atom is -0.391 e. The van der Waals surface area contributed by atoms with Crippen molar-refractivity contribution in [2.24, 2.45) is 5.73 Å². The van der Waals surface area contributed by atoms with Crippen molar-refractivity contribution in [3.8, 4) is 5.88 Å². The van der Waals surface area contributed by atoms with Gasteiger partial charge in [0.15, 0.2) is 0 Å². The molecule has 29 heavy (non-hydrogen) atoms. The van der Waals surface area contributed by atoms with Gasteiger partial charge < -0.3 is 15.6 Å². The third-order valence-corrected chi connectivity index (χ3v) is 4.76. The summed E-state index contributed by atoms with van der Waals surface area (Å²) >= 11 is 0. The van der Waals surface area contributed by atoms with E-state index < -0.39 is 17.6 Å². The van der Waals surface area contributed by atoms with E-state index in [1.54, 1.807) is 30.3 Å². The summed E-state index contributed by atoms with van der Waals surface area (Å²) < 4.78 is 5.02. The van der Waals surface area contributed by atoms with Gasteiger partial charge in [0.2, 0.25) is 5.88 Å². The summed E-state index contributed by atoms with van der Waals surface area (Å²) in [5.74, 6) is -0.718. The number of hydrogen-bond donors (Lipinski definition) is 2. The molecule has 1 unspecified atom stereocenters. The van der Waals surface area contributed by atoms with Crippen LogP contribution < -0.4 is 10.5 Å². The van der Waals surface area contributed by atoms with Crippen molar-refractivity contribution in [1.82, 2.24) is 9.88 Å². The lowest BCUT2D eigenvalue weighted by Gasteiger charge is -2.27. The van der Waals surface area contributed by atoms with E-state index >= 15 is 0 Å². The highest BCUT2D eigenvalue weighted by Gasteiger charge is 2.35. The number of amides is 3. The van der Waals surface area contributed by atoms with Crippen LogP contribution in [0, 0.1) is 0 Å². The normalized spacial score (nSPS) is 14.7. The highest BCUT2D eigenvalue weighted by molar-refractivity contribution is 6.21. The Morgan fingerprint density at radius 2 is 1.76 bits per heavy atom. The Hall–Kier alpha value is -3.26. The predicted molar refractivity (Wildman–Crippen MR) is 105 cm³/mol. The minimum atomic E-state index is -1.01. The topological polar surface area (TPSA) is 123 Å². The number of ether oxygens (including phenoxy) is 1. The fraction of sp³-hybridized carbons (Fsp3) is 0.333. The molecule has 1 aromatic heterocycles. The molecule has 152 valence electrons. The maximum absolute atomic E-state index is 12.5. The van der Waals surface area contributed by atoms with Gasteiger partial charge in [-0.05, 0) is 35.6 Å². The number of benzene rings is 1. The standard InChI is InChI=1S/C21H23N3O5/c1-21(2,3)16-14(8-10-23-17(16)29-20(22)28)15(25)9-11-24-18(26)12-6-4-5-7-13(12)19(24)27/h4-8,10,15,25H,9,11H2,1-3H3,(H2,22,28). The molecule has 0 spiro atoms. The van der Waals surface area contributed by atoms with E-state index in [2.05, 4.69) is 4.98 Å². The molecule has 0 fully saturated rings. The van der Waals surface area contributed by atoms with Gasteiger partial charge in [0.25, 0.3) is 11.8 Å². The molecular weight excluding hydrogens is 374 g/mol. The second kappa shape index (κ2) is 7.63. The third-order valence-electron chi connectivity index (χ3n) is 4.76. The van der Waals surface area contributed by atoms with E-state index in [0.717, 1.165) is 4.90 Å². The van der Waals surface area contributed by atoms with Crippen molar-refractivity contribution in [3.63, 3.8) is 0 Å². The van der Waals surface area contributed by atoms with Gasteiger partial charge in [0.1, 0.15) is 0 Å². The Morgan fingerprint density at radius 3 is 2.28 bits per heavy atom. The number of fused-ring (bicyclic) bond motifs is 1. The SMILES string of the molecule is CC(C)(C)c1c(C(O)CCN2C(=O)c3ccccc3C2=O)ccnc1OC(N)=O. The fourth-order valence-corrected chi connectivity index (χ4v) is 3.51. The quantitative estimate of drug-likeness (QED) is 0.748. The van der Waals surface area contributed by atoms with Crippen molar-refractivity contribution >= 4 is 17.9 Å². The molecule has 0 saturated carbocycles. The molecule has 8 heteroatoms. The van der Waals surface area contributed by atoms with Crippen LogP contribution in [0.2, 0.25) is 0 Å². The Morgan fingerprint density at radius 1 is 1.17 bits per heavy atom. The number of hydrogen-bond acceptors (Lipinski definition) is 6. The second-order valence-corrected chi connectivity index (χ2v) is 7.86. The molecular formula is C21H23N3O5. The van der Waals surface area contributed by atoms with Crippen LogP contribution in [0.5, 0.6) is 5.88 Å². The number of aliphatic hydroxyl groups excluding tert-OH is 1. The number of primary amides is 1. The summed E-state index contributed by atoms with van der Waals surface area (Å²) in [6.45, 7) is 5.71. The van der Waals surface area contributed by atoms with Crippen molar-refractivity contribution in [2.45, 2.75) is 38.7 Å². The number of aromatic nitrogens is 1. The van der Waals surface area contributed by atoms with Crippen molar-refractivity contribution in [1.29, 1.82) is 0 Å². The van der Waals surface area contributed by atoms with Crippen LogP contribution in [-0.2, 0) is 5.41 Å². The summed E-state index contributed by atoms with van der Waals surface area (Å²) in [5, 5.41) is 10.8. The number of aliphatic hydroxyl groups is 1. The van der Waals surface area contributed by atoms with Crippen LogP contribution in [0.3, 0.4) is 0 Å². The van der Waals surface area contributed by atoms with Crippen molar-refractivity contribution in [3.05, 3.63) is 58.8 Å². The maximum atomic E-state index is 12.5. The van der Waals surface area contributed by atoms with Gasteiger partial charge in [-0.15, -0.1) is 0 Å². The molecule has 2 aromatic rings. The van der Waals surface area contributed by atoms with Crippen LogP contribution in [0.4, 0.5) is 4.79 Å². The molecule has 3 N–H and O–H groups in total. The van der Waals surface area contributed by atoms with Gasteiger partial charge in [-0.1, -0.05) is 32.9 Å². The molecule has 1 aliphatic heterocycles. The van der Waals surface area contributed by atoms with Crippen molar-refractivity contribution in [2.75, 3.05) is 6.54 Å². The maximum Gasteiger partial charge on any atom is 0.411 e. The Bertz CT molecular complexity index is 946. The van der Waals surface area contributed by atoms with Gasteiger partial charge in [-0.2, -0.15) is 0 Å². The van der Waals surface area contributed by atoms with Gasteiger partial charge in [0, 0.05) is 18.3 Å². The zero-order chi connectivity index (χ0) is 21.3. The number of nitrogens with two attached hydrogens (primary N) is 1. The average molecular weight is 397 g/mol. The number of nitrogens with zero attached hydrogens (tertiary/aromatic N) is 2. The predicted octanol–water partition coefficient (Wildman–Crippen LogP) is 2.56. The number of carbonyl (C=O) groups excluding carboxylic acids is 3. The number of pyridine rings is 1. The van der Waals surface area contributed by atoms with Gasteiger partial charge in [-0.3, -0.25) is 14.5 Å². The van der Waals surface area contributed by atoms with E-state index in [1.807, 2.05) is 20.8 Å². The van der Waals surface area contributed by atoms with E-state index in [0.29, 0.717) is 22.3 Å². The van der Waals surface area contributed by atoms with Crippen LogP contribution >= 0.6 is 0 Å². The summed E-state index contributed by atoms with van der Waals surface area (Å²) in [7, 11) is 0. The Labute approximate surface area is 168 Å². The number of imide groups is 1. The summed E-state index contributed by atoms with van der Waals surface area (Å²) in [6, 6.07) is 8.26. The van der Waals surface area contributed by atoms with Gasteiger partial charge in [0.05, 0.1) is 17.2 Å². The molecule has 3 amide bonds. The lowest BCUT2D eigenvalue weighted by Crippen LogP contribution is -2.32. The van der Waals surface area contributed by atoms with Gasteiger partial charge >= 0.3 is 6.09 Å². The number of rotatable bonds is 5. The summed E-state index contributed by atoms with van der Waals surface area (Å²) in [6.07, 6.45) is -0.477. The summed E-state index contributed by atoms with van der Waals surface area (Å²) in [5.41, 5.74) is 6.39. The zero-order valence-corrected chi connectivity index (χ0v) is 16.5. The van der Waals surface area contributed by atoms with Crippen LogP contribution in [0.25, 0.3) is 0 Å². The molecule has 1 aromatic carbocycles. The van der Waals surface area contributed by atoms with E-state index in [-0.39, 0.29) is 30.7 Å². The van der Waals surface area contributed by atoms with Crippen LogP contribution in [0.1, 0.15) is 65.1 Å². The van der Waals surface area contributed by atoms with E-state index in [4.69, 9.17) is 10.5 Å². The van der Waals surface area contributed by atoms with Crippen molar-refractivity contribution < 1.29 is 24.2 Å². The summed E-state index contributed by atoms with van der Waals surface area (Å²) in [4.78, 5) is 41.4. The van der Waals surface area contributed by atoms with E-state index in [9.17, 15) is 19.5 Å². The third kappa shape index (κ3) is 3.97. The van der Waals surface area contributed by atoms with E-state index in [1.165, 1.54) is 6.20 Å². The molecule has 1 aliphatic rings. The van der Waals surface area contributed by atoms with Crippen LogP contribution in [0.15, 0.2) is 36.5 Å². The van der Waals surface area contributed by atoms with Crippen LogP contribution in [-0.4, -0.2) is 39.4 Å². The minimum absolute atomic E-state index is 0.0299. The first-order valence-electron chi connectivity index (χ1n) is 9.21. The first-order valence-corrected chi connectivity index (χ1v) is 9.21. The molecule has 3 rings (SSSR count). The monoisotopic (exact) mass is 397 g/mol. The molecule has 0 bridgehead atoms. The Balaban J connectivity index is 1.83. The smallest absolute Gasteiger partial charge is 0.391 e. The highest BCUT2D eigenvalue weighted by Crippen LogP contribution is 2.37. The first kappa shape index (κ1) is 20.5.